The largest absolute Gasteiger partial charge is 0.268 e. The lowest BCUT2D eigenvalue weighted by atomic mass is 10.2. The normalized spacial score (nSPS) is 10.2. The Hall–Kier alpha value is -0.640. The Morgan fingerprint density at radius 1 is 1.38 bits per heavy atom. The summed E-state index contributed by atoms with van der Waals surface area (Å²) in [4.78, 5) is 11.2. The predicted molar refractivity (Wildman–Crippen MR) is 56.1 cm³/mol. The van der Waals surface area contributed by atoms with Gasteiger partial charge in [0.1, 0.15) is 0 Å². The van der Waals surface area contributed by atoms with Crippen LogP contribution in [0.3, 0.4) is 0 Å². The number of hydrogen-bond acceptors (Lipinski definition) is 2. The standard InChI is InChI=1S/C9H13BrN2O/c10-6-2-1-3-8-12-9(13)5-4-7-11-12/h4-5,7H,1-3,6,8H2. The van der Waals surface area contributed by atoms with E-state index >= 15 is 0 Å². The van der Waals surface area contributed by atoms with Crippen molar-refractivity contribution in [1.29, 1.82) is 0 Å². The van der Waals surface area contributed by atoms with Gasteiger partial charge >= 0.3 is 0 Å². The molecule has 1 aromatic rings. The van der Waals surface area contributed by atoms with Crippen LogP contribution in [0.2, 0.25) is 0 Å². The molecule has 0 atom stereocenters. The molecule has 0 amide bonds. The second-order valence-corrected chi connectivity index (χ2v) is 3.63. The molecule has 0 spiro atoms. The van der Waals surface area contributed by atoms with Gasteiger partial charge < -0.3 is 0 Å². The molecule has 1 rings (SSSR count). The molecule has 0 aliphatic carbocycles. The summed E-state index contributed by atoms with van der Waals surface area (Å²) in [6, 6.07) is 3.20. The van der Waals surface area contributed by atoms with Gasteiger partial charge in [0, 0.05) is 24.1 Å². The molecule has 0 N–H and O–H groups in total. The van der Waals surface area contributed by atoms with E-state index in [0.29, 0.717) is 0 Å². The molecular formula is C9H13BrN2O. The monoisotopic (exact) mass is 244 g/mol. The van der Waals surface area contributed by atoms with Crippen molar-refractivity contribution < 1.29 is 0 Å². The van der Waals surface area contributed by atoms with E-state index in [4.69, 9.17) is 0 Å². The summed E-state index contributed by atoms with van der Waals surface area (Å²) < 4.78 is 1.51. The number of hydrogen-bond donors (Lipinski definition) is 0. The topological polar surface area (TPSA) is 34.9 Å². The number of rotatable bonds is 5. The number of unbranched alkanes of at least 4 members (excludes halogenated alkanes) is 2. The molecule has 0 aliphatic rings. The van der Waals surface area contributed by atoms with Gasteiger partial charge in [0.2, 0.25) is 0 Å². The van der Waals surface area contributed by atoms with Gasteiger partial charge in [-0.05, 0) is 18.9 Å². The number of aromatic nitrogens is 2. The molecule has 0 fully saturated rings. The van der Waals surface area contributed by atoms with Gasteiger partial charge in [-0.15, -0.1) is 0 Å². The Balaban J connectivity index is 2.37. The Bertz CT molecular complexity index is 298. The van der Waals surface area contributed by atoms with Crippen molar-refractivity contribution in [1.82, 2.24) is 9.78 Å². The summed E-state index contributed by atoms with van der Waals surface area (Å²) in [5, 5.41) is 5.00. The summed E-state index contributed by atoms with van der Waals surface area (Å²) in [5.41, 5.74) is -0.0126. The number of aryl methyl sites for hydroxylation is 1. The molecule has 0 unspecified atom stereocenters. The first-order chi connectivity index (χ1) is 6.34. The van der Waals surface area contributed by atoms with Crippen molar-refractivity contribution in [2.45, 2.75) is 25.8 Å². The van der Waals surface area contributed by atoms with Crippen LogP contribution >= 0.6 is 15.9 Å². The van der Waals surface area contributed by atoms with Crippen molar-refractivity contribution in [2.24, 2.45) is 0 Å². The van der Waals surface area contributed by atoms with Crippen LogP contribution in [0, 0.1) is 0 Å². The van der Waals surface area contributed by atoms with Crippen molar-refractivity contribution in [2.75, 3.05) is 5.33 Å². The number of nitrogens with zero attached hydrogens (tertiary/aromatic N) is 2. The van der Waals surface area contributed by atoms with E-state index < -0.39 is 0 Å². The number of alkyl halides is 1. The maximum Gasteiger partial charge on any atom is 0.266 e. The lowest BCUT2D eigenvalue weighted by Crippen LogP contribution is -2.21. The molecule has 13 heavy (non-hydrogen) atoms. The van der Waals surface area contributed by atoms with Crippen molar-refractivity contribution in [3.63, 3.8) is 0 Å². The minimum atomic E-state index is -0.0126. The van der Waals surface area contributed by atoms with Crippen LogP contribution in [0.5, 0.6) is 0 Å². The summed E-state index contributed by atoms with van der Waals surface area (Å²) in [6.07, 6.45) is 4.95. The van der Waals surface area contributed by atoms with Gasteiger partial charge in [-0.25, -0.2) is 4.68 Å². The van der Waals surface area contributed by atoms with Gasteiger partial charge in [0.15, 0.2) is 0 Å². The Morgan fingerprint density at radius 3 is 2.92 bits per heavy atom. The highest BCUT2D eigenvalue weighted by Gasteiger charge is 1.94. The van der Waals surface area contributed by atoms with E-state index in [1.165, 1.54) is 10.7 Å². The summed E-state index contributed by atoms with van der Waals surface area (Å²) in [7, 11) is 0. The molecular weight excluding hydrogens is 232 g/mol. The third-order valence-electron chi connectivity index (χ3n) is 1.79. The molecule has 72 valence electrons. The minimum absolute atomic E-state index is 0.0126. The maximum absolute atomic E-state index is 11.2. The summed E-state index contributed by atoms with van der Waals surface area (Å²) in [6.45, 7) is 0.729. The highest BCUT2D eigenvalue weighted by Crippen LogP contribution is 1.98. The summed E-state index contributed by atoms with van der Waals surface area (Å²) >= 11 is 3.37. The van der Waals surface area contributed by atoms with Gasteiger partial charge in [-0.3, -0.25) is 4.79 Å². The lowest BCUT2D eigenvalue weighted by Gasteiger charge is -2.01. The van der Waals surface area contributed by atoms with E-state index in [-0.39, 0.29) is 5.56 Å². The van der Waals surface area contributed by atoms with Gasteiger partial charge in [-0.1, -0.05) is 22.4 Å². The van der Waals surface area contributed by atoms with Crippen LogP contribution in [-0.4, -0.2) is 15.1 Å². The zero-order valence-electron chi connectivity index (χ0n) is 7.45. The van der Waals surface area contributed by atoms with E-state index in [1.54, 1.807) is 12.3 Å². The van der Waals surface area contributed by atoms with Gasteiger partial charge in [0.25, 0.3) is 5.56 Å². The third kappa shape index (κ3) is 3.72. The van der Waals surface area contributed by atoms with Crippen molar-refractivity contribution in [3.05, 3.63) is 28.7 Å². The van der Waals surface area contributed by atoms with Crippen LogP contribution in [0.4, 0.5) is 0 Å². The molecule has 0 bridgehead atoms. The maximum atomic E-state index is 11.2. The second kappa shape index (κ2) is 5.91. The highest BCUT2D eigenvalue weighted by molar-refractivity contribution is 9.09. The fourth-order valence-electron chi connectivity index (χ4n) is 1.09. The van der Waals surface area contributed by atoms with Crippen LogP contribution in [0.1, 0.15) is 19.3 Å². The van der Waals surface area contributed by atoms with Crippen LogP contribution < -0.4 is 5.56 Å². The minimum Gasteiger partial charge on any atom is -0.268 e. The van der Waals surface area contributed by atoms with Crippen LogP contribution in [-0.2, 0) is 6.54 Å². The van der Waals surface area contributed by atoms with Crippen molar-refractivity contribution in [3.8, 4) is 0 Å². The molecule has 1 aromatic heterocycles. The molecule has 1 heterocycles. The molecule has 4 heteroatoms. The van der Waals surface area contributed by atoms with E-state index in [9.17, 15) is 4.79 Å². The average Bonchev–Trinajstić information content (AvgIpc) is 2.15. The molecule has 0 radical (unpaired) electrons. The Kier molecular flexibility index (Phi) is 4.75. The van der Waals surface area contributed by atoms with E-state index in [1.807, 2.05) is 0 Å². The Morgan fingerprint density at radius 2 is 2.23 bits per heavy atom. The first kappa shape index (κ1) is 10.4. The quantitative estimate of drug-likeness (QED) is 0.585. The highest BCUT2D eigenvalue weighted by atomic mass is 79.9. The van der Waals surface area contributed by atoms with Gasteiger partial charge in [0.05, 0.1) is 0 Å². The SMILES string of the molecule is O=c1cccnn1CCCCCBr. The fraction of sp³-hybridized carbons (Fsp3) is 0.556. The molecule has 3 nitrogen and oxygen atoms in total. The van der Waals surface area contributed by atoms with Crippen LogP contribution in [0.25, 0.3) is 0 Å². The Labute approximate surface area is 85.9 Å². The zero-order valence-corrected chi connectivity index (χ0v) is 9.03. The molecule has 0 saturated carbocycles. The van der Waals surface area contributed by atoms with E-state index in [0.717, 1.165) is 31.1 Å². The first-order valence-electron chi connectivity index (χ1n) is 4.42. The fourth-order valence-corrected chi connectivity index (χ4v) is 1.48. The predicted octanol–water partition coefficient (Wildman–Crippen LogP) is 1.81. The number of halogens is 1. The molecule has 0 aromatic carbocycles. The molecule has 0 saturated heterocycles. The second-order valence-electron chi connectivity index (χ2n) is 2.83. The van der Waals surface area contributed by atoms with E-state index in [2.05, 4.69) is 21.0 Å². The van der Waals surface area contributed by atoms with Crippen molar-refractivity contribution >= 4 is 15.9 Å². The third-order valence-corrected chi connectivity index (χ3v) is 2.35. The first-order valence-corrected chi connectivity index (χ1v) is 5.55. The zero-order chi connectivity index (χ0) is 9.52. The average molecular weight is 245 g/mol. The summed E-state index contributed by atoms with van der Waals surface area (Å²) in [5.74, 6) is 0. The smallest absolute Gasteiger partial charge is 0.266 e. The lowest BCUT2D eigenvalue weighted by molar-refractivity contribution is 0.529. The van der Waals surface area contributed by atoms with Gasteiger partial charge in [-0.2, -0.15) is 5.10 Å². The molecule has 0 aliphatic heterocycles. The van der Waals surface area contributed by atoms with Crippen LogP contribution in [0.15, 0.2) is 23.1 Å².